The molecule has 0 saturated carbocycles. The Kier molecular flexibility index (Phi) is 6.05. The number of amides is 1. The maximum absolute atomic E-state index is 12.5. The third kappa shape index (κ3) is 4.92. The molecule has 1 fully saturated rings. The predicted octanol–water partition coefficient (Wildman–Crippen LogP) is 2.57. The summed E-state index contributed by atoms with van der Waals surface area (Å²) >= 11 is 0. The molecule has 2 aliphatic rings. The molecule has 0 aliphatic carbocycles. The molecule has 0 radical (unpaired) electrons. The van der Waals surface area contributed by atoms with Crippen LogP contribution < -0.4 is 19.5 Å². The number of benzene rings is 2. The number of hydrogen-bond donors (Lipinski definition) is 1. The van der Waals surface area contributed by atoms with Gasteiger partial charge in [0.1, 0.15) is 5.75 Å². The van der Waals surface area contributed by atoms with Crippen LogP contribution >= 0.6 is 0 Å². The Hall–Kier alpha value is -2.93. The number of fused-ring (bicyclic) bond motifs is 1. The molecule has 4 rings (SSSR count). The average Bonchev–Trinajstić information content (AvgIpc) is 3.22. The summed E-state index contributed by atoms with van der Waals surface area (Å²) in [6.45, 7) is 5.09. The van der Waals surface area contributed by atoms with Gasteiger partial charge in [-0.05, 0) is 42.0 Å². The molecule has 1 N–H and O–H groups in total. The van der Waals surface area contributed by atoms with Crippen LogP contribution in [-0.4, -0.2) is 62.3 Å². The normalized spacial score (nSPS) is 16.0. The molecule has 2 aromatic rings. The van der Waals surface area contributed by atoms with Crippen LogP contribution in [-0.2, 0) is 11.3 Å². The van der Waals surface area contributed by atoms with Crippen LogP contribution in [0.1, 0.15) is 12.0 Å². The second kappa shape index (κ2) is 9.05. The standard InChI is InChI=1S/C22H27N3O4/c1-27-19-5-3-18(4-6-19)23-9-8-22(26)25-12-10-24(11-13-25)15-17-2-7-20-21(14-17)29-16-28-20/h2-7,14,23H,8-13,15-16H2,1H3. The van der Waals surface area contributed by atoms with Crippen LogP contribution in [0.4, 0.5) is 5.69 Å². The van der Waals surface area contributed by atoms with Gasteiger partial charge in [-0.1, -0.05) is 6.07 Å². The summed E-state index contributed by atoms with van der Waals surface area (Å²) in [5.41, 5.74) is 2.20. The Morgan fingerprint density at radius 2 is 1.79 bits per heavy atom. The molecular formula is C22H27N3O4. The summed E-state index contributed by atoms with van der Waals surface area (Å²) in [5.74, 6) is 2.66. The average molecular weight is 397 g/mol. The van der Waals surface area contributed by atoms with Crippen molar-refractivity contribution in [2.75, 3.05) is 51.9 Å². The van der Waals surface area contributed by atoms with Crippen molar-refractivity contribution in [2.24, 2.45) is 0 Å². The molecule has 2 aromatic carbocycles. The topological polar surface area (TPSA) is 63.3 Å². The minimum Gasteiger partial charge on any atom is -0.497 e. The smallest absolute Gasteiger partial charge is 0.231 e. The van der Waals surface area contributed by atoms with Crippen LogP contribution in [0.25, 0.3) is 0 Å². The summed E-state index contributed by atoms with van der Waals surface area (Å²) in [4.78, 5) is 16.8. The number of carbonyl (C=O) groups excluding carboxylic acids is 1. The van der Waals surface area contributed by atoms with Crippen LogP contribution in [0.3, 0.4) is 0 Å². The Bertz CT molecular complexity index is 832. The van der Waals surface area contributed by atoms with Crippen molar-refractivity contribution >= 4 is 11.6 Å². The first-order valence-electron chi connectivity index (χ1n) is 9.98. The van der Waals surface area contributed by atoms with Crippen molar-refractivity contribution in [1.29, 1.82) is 0 Å². The fourth-order valence-corrected chi connectivity index (χ4v) is 3.63. The molecule has 1 amide bonds. The van der Waals surface area contributed by atoms with Gasteiger partial charge in [-0.15, -0.1) is 0 Å². The number of methoxy groups -OCH3 is 1. The van der Waals surface area contributed by atoms with Gasteiger partial charge in [0.15, 0.2) is 11.5 Å². The Balaban J connectivity index is 1.18. The molecule has 7 heteroatoms. The summed E-state index contributed by atoms with van der Waals surface area (Å²) in [5, 5.41) is 3.29. The minimum absolute atomic E-state index is 0.203. The van der Waals surface area contributed by atoms with Crippen LogP contribution in [0, 0.1) is 0 Å². The monoisotopic (exact) mass is 397 g/mol. The fraction of sp³-hybridized carbons (Fsp3) is 0.409. The number of hydrogen-bond acceptors (Lipinski definition) is 6. The minimum atomic E-state index is 0.203. The molecule has 0 unspecified atom stereocenters. The van der Waals surface area contributed by atoms with E-state index < -0.39 is 0 Å². The quantitative estimate of drug-likeness (QED) is 0.775. The van der Waals surface area contributed by atoms with Gasteiger partial charge in [-0.2, -0.15) is 0 Å². The van der Waals surface area contributed by atoms with Gasteiger partial charge in [0.05, 0.1) is 7.11 Å². The van der Waals surface area contributed by atoms with Gasteiger partial charge in [-0.3, -0.25) is 9.69 Å². The molecule has 0 aromatic heterocycles. The number of rotatable bonds is 7. The van der Waals surface area contributed by atoms with E-state index in [1.54, 1.807) is 7.11 Å². The first-order valence-corrected chi connectivity index (χ1v) is 9.98. The molecular weight excluding hydrogens is 370 g/mol. The Morgan fingerprint density at radius 1 is 1.03 bits per heavy atom. The van der Waals surface area contributed by atoms with Crippen molar-refractivity contribution in [3.63, 3.8) is 0 Å². The highest BCUT2D eigenvalue weighted by atomic mass is 16.7. The van der Waals surface area contributed by atoms with Gasteiger partial charge in [0.2, 0.25) is 12.7 Å². The first-order chi connectivity index (χ1) is 14.2. The Labute approximate surface area is 171 Å². The van der Waals surface area contributed by atoms with E-state index in [0.717, 1.165) is 55.7 Å². The van der Waals surface area contributed by atoms with Crippen LogP contribution in [0.2, 0.25) is 0 Å². The van der Waals surface area contributed by atoms with Gasteiger partial charge in [-0.25, -0.2) is 0 Å². The lowest BCUT2D eigenvalue weighted by atomic mass is 10.1. The number of piperazine rings is 1. The van der Waals surface area contributed by atoms with Crippen LogP contribution in [0.5, 0.6) is 17.2 Å². The molecule has 0 atom stereocenters. The molecule has 0 bridgehead atoms. The summed E-state index contributed by atoms with van der Waals surface area (Å²) in [6.07, 6.45) is 0.494. The fourth-order valence-electron chi connectivity index (χ4n) is 3.63. The molecule has 2 heterocycles. The Morgan fingerprint density at radius 3 is 2.55 bits per heavy atom. The molecule has 154 valence electrons. The van der Waals surface area contributed by atoms with E-state index in [4.69, 9.17) is 14.2 Å². The lowest BCUT2D eigenvalue weighted by molar-refractivity contribution is -0.132. The lowest BCUT2D eigenvalue weighted by Gasteiger charge is -2.35. The lowest BCUT2D eigenvalue weighted by Crippen LogP contribution is -2.48. The second-order valence-electron chi connectivity index (χ2n) is 7.25. The van der Waals surface area contributed by atoms with Crippen molar-refractivity contribution in [1.82, 2.24) is 9.80 Å². The number of ether oxygens (including phenoxy) is 3. The predicted molar refractivity (Wildman–Crippen MR) is 111 cm³/mol. The number of anilines is 1. The maximum atomic E-state index is 12.5. The largest absolute Gasteiger partial charge is 0.497 e. The van der Waals surface area contributed by atoms with E-state index >= 15 is 0 Å². The van der Waals surface area contributed by atoms with Gasteiger partial charge < -0.3 is 24.4 Å². The number of carbonyl (C=O) groups is 1. The third-order valence-corrected chi connectivity index (χ3v) is 5.33. The van der Waals surface area contributed by atoms with E-state index in [-0.39, 0.29) is 5.91 Å². The number of nitrogens with one attached hydrogen (secondary N) is 1. The summed E-state index contributed by atoms with van der Waals surface area (Å²) in [7, 11) is 1.65. The van der Waals surface area contributed by atoms with Gasteiger partial charge >= 0.3 is 0 Å². The summed E-state index contributed by atoms with van der Waals surface area (Å²) in [6, 6.07) is 13.8. The van der Waals surface area contributed by atoms with Crippen LogP contribution in [0.15, 0.2) is 42.5 Å². The molecule has 2 aliphatic heterocycles. The molecule has 1 saturated heterocycles. The van der Waals surface area contributed by atoms with Gasteiger partial charge in [0, 0.05) is 51.4 Å². The molecule has 0 spiro atoms. The highest BCUT2D eigenvalue weighted by Gasteiger charge is 2.21. The van der Waals surface area contributed by atoms with E-state index in [2.05, 4.69) is 16.3 Å². The first kappa shape index (κ1) is 19.4. The van der Waals surface area contributed by atoms with E-state index in [1.807, 2.05) is 41.3 Å². The second-order valence-corrected chi connectivity index (χ2v) is 7.25. The number of nitrogens with zero attached hydrogens (tertiary/aromatic N) is 2. The van der Waals surface area contributed by atoms with E-state index in [9.17, 15) is 4.79 Å². The zero-order valence-electron chi connectivity index (χ0n) is 16.7. The van der Waals surface area contributed by atoms with E-state index in [1.165, 1.54) is 5.56 Å². The molecule has 29 heavy (non-hydrogen) atoms. The third-order valence-electron chi connectivity index (χ3n) is 5.33. The van der Waals surface area contributed by atoms with Crippen molar-refractivity contribution < 1.29 is 19.0 Å². The van der Waals surface area contributed by atoms with Crippen molar-refractivity contribution in [3.8, 4) is 17.2 Å². The zero-order chi connectivity index (χ0) is 20.1. The zero-order valence-corrected chi connectivity index (χ0v) is 16.7. The maximum Gasteiger partial charge on any atom is 0.231 e. The van der Waals surface area contributed by atoms with Crippen molar-refractivity contribution in [3.05, 3.63) is 48.0 Å². The van der Waals surface area contributed by atoms with Gasteiger partial charge in [0.25, 0.3) is 0 Å². The van der Waals surface area contributed by atoms with Crippen molar-refractivity contribution in [2.45, 2.75) is 13.0 Å². The SMILES string of the molecule is COc1ccc(NCCC(=O)N2CCN(Cc3ccc4c(c3)OCO4)CC2)cc1. The summed E-state index contributed by atoms with van der Waals surface area (Å²) < 4.78 is 16.0. The highest BCUT2D eigenvalue weighted by Crippen LogP contribution is 2.32. The highest BCUT2D eigenvalue weighted by molar-refractivity contribution is 5.76. The molecule has 7 nitrogen and oxygen atoms in total. The van der Waals surface area contributed by atoms with E-state index in [0.29, 0.717) is 19.8 Å².